The van der Waals surface area contributed by atoms with Crippen LogP contribution in [0.25, 0.3) is 54.2 Å². The molecule has 0 aliphatic heterocycles. The Morgan fingerprint density at radius 3 is 2.75 bits per heavy atom. The van der Waals surface area contributed by atoms with E-state index in [1.165, 1.54) is 11.3 Å². The van der Waals surface area contributed by atoms with Crippen LogP contribution in [0.3, 0.4) is 0 Å². The van der Waals surface area contributed by atoms with Crippen molar-refractivity contribution < 1.29 is 0 Å². The van der Waals surface area contributed by atoms with Gasteiger partial charge in [-0.15, -0.1) is 22.7 Å². The molecule has 6 aromatic rings. The lowest BCUT2D eigenvalue weighted by Crippen LogP contribution is -2.08. The summed E-state index contributed by atoms with van der Waals surface area (Å²) < 4.78 is 0. The maximum atomic E-state index is 13.4. The van der Waals surface area contributed by atoms with Crippen molar-refractivity contribution in [3.05, 3.63) is 81.8 Å². The zero-order valence-corrected chi connectivity index (χ0v) is 18.5. The van der Waals surface area contributed by atoms with Crippen LogP contribution >= 0.6 is 22.7 Å². The molecule has 0 unspecified atom stereocenters. The monoisotopic (exact) mass is 453 g/mol. The highest BCUT2D eigenvalue weighted by molar-refractivity contribution is 7.15. The van der Waals surface area contributed by atoms with Crippen molar-refractivity contribution in [2.75, 3.05) is 0 Å². The largest absolute Gasteiger partial charge is 0.345 e. The SMILES string of the molecule is Cc1ncc(-c2nc3[nH]cc(-c4nccs4)c(=O)c3cc2-c2ccc3ncccc3c2)s1. The Morgan fingerprint density at radius 1 is 1.00 bits per heavy atom. The molecule has 0 atom stereocenters. The number of pyridine rings is 3. The van der Waals surface area contributed by atoms with Gasteiger partial charge in [-0.2, -0.15) is 0 Å². The van der Waals surface area contributed by atoms with E-state index in [9.17, 15) is 4.79 Å². The molecule has 6 nitrogen and oxygen atoms in total. The topological polar surface area (TPSA) is 84.4 Å². The first-order valence-corrected chi connectivity index (χ1v) is 11.6. The third-order valence-corrected chi connectivity index (χ3v) is 7.02. The maximum Gasteiger partial charge on any atom is 0.201 e. The van der Waals surface area contributed by atoms with Gasteiger partial charge in [0.05, 0.1) is 32.0 Å². The fraction of sp³-hybridized carbons (Fsp3) is 0.0417. The Kier molecular flexibility index (Phi) is 4.41. The molecular formula is C24H15N5OS2. The van der Waals surface area contributed by atoms with Gasteiger partial charge in [0.1, 0.15) is 10.7 Å². The minimum atomic E-state index is -0.0862. The van der Waals surface area contributed by atoms with Crippen LogP contribution < -0.4 is 5.43 Å². The molecule has 0 aliphatic carbocycles. The van der Waals surface area contributed by atoms with Crippen molar-refractivity contribution in [2.24, 2.45) is 0 Å². The van der Waals surface area contributed by atoms with Gasteiger partial charge in [-0.25, -0.2) is 15.0 Å². The van der Waals surface area contributed by atoms with Crippen LogP contribution in [-0.2, 0) is 0 Å². The van der Waals surface area contributed by atoms with E-state index in [1.54, 1.807) is 29.9 Å². The van der Waals surface area contributed by atoms with E-state index in [-0.39, 0.29) is 5.43 Å². The Balaban J connectivity index is 1.66. The lowest BCUT2D eigenvalue weighted by Gasteiger charge is -2.11. The van der Waals surface area contributed by atoms with E-state index < -0.39 is 0 Å². The second-order valence-corrected chi connectivity index (χ2v) is 9.43. The molecule has 0 radical (unpaired) electrons. The summed E-state index contributed by atoms with van der Waals surface area (Å²) in [6.07, 6.45) is 7.01. The van der Waals surface area contributed by atoms with E-state index in [0.29, 0.717) is 21.6 Å². The highest BCUT2D eigenvalue weighted by atomic mass is 32.1. The number of fused-ring (bicyclic) bond motifs is 2. The van der Waals surface area contributed by atoms with Crippen molar-refractivity contribution >= 4 is 44.6 Å². The van der Waals surface area contributed by atoms with Gasteiger partial charge in [-0.1, -0.05) is 12.1 Å². The normalized spacial score (nSPS) is 11.4. The molecule has 154 valence electrons. The van der Waals surface area contributed by atoms with E-state index in [4.69, 9.17) is 4.98 Å². The third kappa shape index (κ3) is 3.12. The van der Waals surface area contributed by atoms with E-state index in [2.05, 4.69) is 26.0 Å². The molecule has 32 heavy (non-hydrogen) atoms. The van der Waals surface area contributed by atoms with Gasteiger partial charge in [0.15, 0.2) is 0 Å². The van der Waals surface area contributed by atoms with Crippen LogP contribution in [0, 0.1) is 6.92 Å². The Labute approximate surface area is 190 Å². The second-order valence-electron chi connectivity index (χ2n) is 7.30. The molecule has 0 aliphatic rings. The average molecular weight is 454 g/mol. The molecule has 0 bridgehead atoms. The molecule has 5 heterocycles. The van der Waals surface area contributed by atoms with Crippen LogP contribution in [-0.4, -0.2) is 24.9 Å². The quantitative estimate of drug-likeness (QED) is 0.372. The molecule has 0 saturated heterocycles. The lowest BCUT2D eigenvalue weighted by molar-refractivity contribution is 1.27. The lowest BCUT2D eigenvalue weighted by atomic mass is 9.99. The number of hydrogen-bond acceptors (Lipinski definition) is 7. The van der Waals surface area contributed by atoms with Crippen molar-refractivity contribution in [3.8, 4) is 32.3 Å². The number of rotatable bonds is 3. The second kappa shape index (κ2) is 7.44. The van der Waals surface area contributed by atoms with Crippen molar-refractivity contribution in [3.63, 3.8) is 0 Å². The summed E-state index contributed by atoms with van der Waals surface area (Å²) in [5.41, 5.74) is 4.57. The van der Waals surface area contributed by atoms with E-state index in [0.717, 1.165) is 37.6 Å². The minimum absolute atomic E-state index is 0.0862. The third-order valence-electron chi connectivity index (χ3n) is 5.30. The zero-order valence-electron chi connectivity index (χ0n) is 16.9. The summed E-state index contributed by atoms with van der Waals surface area (Å²) in [5, 5.41) is 5.07. The molecular weight excluding hydrogens is 438 g/mol. The smallest absolute Gasteiger partial charge is 0.201 e. The highest BCUT2D eigenvalue weighted by Crippen LogP contribution is 2.36. The molecule has 5 aromatic heterocycles. The number of aromatic amines is 1. The van der Waals surface area contributed by atoms with E-state index in [1.807, 2.05) is 48.8 Å². The standard InChI is InChI=1S/C24H15N5OS2/c1-13-27-12-20(32-13)21-16(14-4-5-19-15(9-14)3-2-6-25-19)10-17-22(30)18(11-28-23(17)29-21)24-26-7-8-31-24/h2-12H,1H3,(H,28,29,30). The number of aromatic nitrogens is 5. The highest BCUT2D eigenvalue weighted by Gasteiger charge is 2.17. The molecule has 6 rings (SSSR count). The number of aryl methyl sites for hydroxylation is 1. The van der Waals surface area contributed by atoms with Crippen LogP contribution in [0.15, 0.2) is 71.4 Å². The van der Waals surface area contributed by atoms with Crippen molar-refractivity contribution in [2.45, 2.75) is 6.92 Å². The molecule has 1 N–H and O–H groups in total. The maximum absolute atomic E-state index is 13.4. The number of benzene rings is 1. The van der Waals surface area contributed by atoms with Gasteiger partial charge in [0, 0.05) is 41.1 Å². The first-order chi connectivity index (χ1) is 15.7. The van der Waals surface area contributed by atoms with Crippen LogP contribution in [0.2, 0.25) is 0 Å². The van der Waals surface area contributed by atoms with E-state index >= 15 is 0 Å². The Bertz CT molecular complexity index is 1670. The predicted molar refractivity (Wildman–Crippen MR) is 130 cm³/mol. The average Bonchev–Trinajstić information content (AvgIpc) is 3.50. The molecule has 0 amide bonds. The van der Waals surface area contributed by atoms with Crippen LogP contribution in [0.4, 0.5) is 0 Å². The summed E-state index contributed by atoms with van der Waals surface area (Å²) in [7, 11) is 0. The molecule has 8 heteroatoms. The summed E-state index contributed by atoms with van der Waals surface area (Å²) in [4.78, 5) is 35.5. The predicted octanol–water partition coefficient (Wildman–Crippen LogP) is 5.69. The first-order valence-electron chi connectivity index (χ1n) is 9.91. The van der Waals surface area contributed by atoms with Crippen molar-refractivity contribution in [1.82, 2.24) is 24.9 Å². The van der Waals surface area contributed by atoms with Crippen LogP contribution in [0.1, 0.15) is 5.01 Å². The Morgan fingerprint density at radius 2 is 1.94 bits per heavy atom. The summed E-state index contributed by atoms with van der Waals surface area (Å²) >= 11 is 3.02. The fourth-order valence-electron chi connectivity index (χ4n) is 3.78. The summed E-state index contributed by atoms with van der Waals surface area (Å²) in [6.45, 7) is 1.97. The van der Waals surface area contributed by atoms with Gasteiger partial charge in [0.25, 0.3) is 0 Å². The van der Waals surface area contributed by atoms with Gasteiger partial charge >= 0.3 is 0 Å². The summed E-state index contributed by atoms with van der Waals surface area (Å²) in [6, 6.07) is 12.0. The zero-order chi connectivity index (χ0) is 21.7. The van der Waals surface area contributed by atoms with Gasteiger partial charge < -0.3 is 4.98 Å². The molecule has 0 saturated carbocycles. The van der Waals surface area contributed by atoms with Crippen LogP contribution in [0.5, 0.6) is 0 Å². The number of nitrogens with zero attached hydrogens (tertiary/aromatic N) is 4. The molecule has 0 spiro atoms. The molecule has 0 fully saturated rings. The fourth-order valence-corrected chi connectivity index (χ4v) is 5.22. The van der Waals surface area contributed by atoms with Gasteiger partial charge in [0.2, 0.25) is 5.43 Å². The summed E-state index contributed by atoms with van der Waals surface area (Å²) in [5.74, 6) is 0. The minimum Gasteiger partial charge on any atom is -0.345 e. The Hall–Kier alpha value is -3.75. The first kappa shape index (κ1) is 19.0. The number of H-pyrrole nitrogens is 1. The van der Waals surface area contributed by atoms with Gasteiger partial charge in [-0.3, -0.25) is 9.78 Å². The number of thiazole rings is 2. The number of hydrogen-bond donors (Lipinski definition) is 1. The van der Waals surface area contributed by atoms with Crippen molar-refractivity contribution in [1.29, 1.82) is 0 Å². The number of nitrogens with one attached hydrogen (secondary N) is 1. The van der Waals surface area contributed by atoms with Gasteiger partial charge in [-0.05, 0) is 36.8 Å². The molecule has 1 aromatic carbocycles.